The molecule has 1 aliphatic heterocycles. The molecule has 0 radical (unpaired) electrons. The number of thioether (sulfide) groups is 1. The van der Waals surface area contributed by atoms with Crippen LogP contribution in [0.5, 0.6) is 0 Å². The van der Waals surface area contributed by atoms with E-state index in [4.69, 9.17) is 0 Å². The quantitative estimate of drug-likeness (QED) is 0.547. The number of carbonyl (C=O) groups excluding carboxylic acids is 2. The van der Waals surface area contributed by atoms with Gasteiger partial charge in [0.2, 0.25) is 11.8 Å². The van der Waals surface area contributed by atoms with E-state index in [9.17, 15) is 26.8 Å². The van der Waals surface area contributed by atoms with Crippen molar-refractivity contribution in [2.75, 3.05) is 10.2 Å². The number of rotatable bonds is 6. The molecule has 34 heavy (non-hydrogen) atoms. The molecule has 174 valence electrons. The average molecular weight is 502 g/mol. The van der Waals surface area contributed by atoms with E-state index in [2.05, 4.69) is 9.71 Å². The number of nitrogens with zero attached hydrogens (tertiary/aromatic N) is 2. The molecule has 1 N–H and O–H groups in total. The van der Waals surface area contributed by atoms with Crippen LogP contribution in [0.1, 0.15) is 6.42 Å². The van der Waals surface area contributed by atoms with Gasteiger partial charge in [-0.15, -0.1) is 4.40 Å². The van der Waals surface area contributed by atoms with Crippen LogP contribution in [0.3, 0.4) is 0 Å². The van der Waals surface area contributed by atoms with Gasteiger partial charge in [0.25, 0.3) is 10.0 Å². The molecular weight excluding hydrogens is 484 g/mol. The smallest absolute Gasteiger partial charge is 0.284 e. The van der Waals surface area contributed by atoms with E-state index in [0.29, 0.717) is 11.4 Å². The molecule has 1 saturated heterocycles. The molecule has 11 heteroatoms. The molecule has 7 nitrogen and oxygen atoms in total. The van der Waals surface area contributed by atoms with Gasteiger partial charge in [-0.1, -0.05) is 30.0 Å². The highest BCUT2D eigenvalue weighted by Crippen LogP contribution is 2.35. The first-order valence-electron chi connectivity index (χ1n) is 9.94. The summed E-state index contributed by atoms with van der Waals surface area (Å²) < 4.78 is 55.7. The van der Waals surface area contributed by atoms with Crippen LogP contribution in [0.4, 0.5) is 20.2 Å². The van der Waals surface area contributed by atoms with E-state index < -0.39 is 38.7 Å². The summed E-state index contributed by atoms with van der Waals surface area (Å²) in [5, 5.41) is 1.52. The number of amidine groups is 1. The maximum Gasteiger partial charge on any atom is 0.284 e. The number of halogens is 2. The predicted molar refractivity (Wildman–Crippen MR) is 126 cm³/mol. The SMILES string of the molecule is O=C(C[C@H]1SC(=NS(=O)(=O)c2ccc(F)cc2)N(c2ccccc2)C1=O)Nc1ccc(F)cc1. The second-order valence-electron chi connectivity index (χ2n) is 7.18. The highest BCUT2D eigenvalue weighted by molar-refractivity contribution is 8.16. The molecule has 0 aromatic heterocycles. The first-order chi connectivity index (χ1) is 16.2. The van der Waals surface area contributed by atoms with E-state index in [0.717, 1.165) is 40.9 Å². The summed E-state index contributed by atoms with van der Waals surface area (Å²) in [5.41, 5.74) is 0.740. The van der Waals surface area contributed by atoms with Gasteiger partial charge in [-0.25, -0.2) is 8.78 Å². The second-order valence-corrected chi connectivity index (χ2v) is 9.95. The fourth-order valence-electron chi connectivity index (χ4n) is 3.15. The van der Waals surface area contributed by atoms with Crippen LogP contribution in [0.25, 0.3) is 0 Å². The maximum atomic E-state index is 13.2. The molecule has 1 aliphatic rings. The van der Waals surface area contributed by atoms with E-state index >= 15 is 0 Å². The Morgan fingerprint density at radius 1 is 0.941 bits per heavy atom. The third kappa shape index (κ3) is 5.32. The maximum absolute atomic E-state index is 13.2. The zero-order valence-electron chi connectivity index (χ0n) is 17.4. The van der Waals surface area contributed by atoms with Crippen LogP contribution in [0.15, 0.2) is 88.2 Å². The lowest BCUT2D eigenvalue weighted by Crippen LogP contribution is -2.33. The molecule has 3 aromatic rings. The molecule has 0 unspecified atom stereocenters. The van der Waals surface area contributed by atoms with Crippen LogP contribution in [0, 0.1) is 11.6 Å². The van der Waals surface area contributed by atoms with Gasteiger partial charge in [-0.05, 0) is 60.7 Å². The number of carbonyl (C=O) groups is 2. The molecule has 1 heterocycles. The zero-order valence-corrected chi connectivity index (χ0v) is 19.0. The number of amides is 2. The summed E-state index contributed by atoms with van der Waals surface area (Å²) in [6, 6.07) is 17.6. The van der Waals surface area contributed by atoms with Gasteiger partial charge >= 0.3 is 0 Å². The van der Waals surface area contributed by atoms with Crippen LogP contribution < -0.4 is 10.2 Å². The van der Waals surface area contributed by atoms with Crippen LogP contribution in [-0.4, -0.2) is 30.6 Å². The van der Waals surface area contributed by atoms with Gasteiger partial charge in [-0.2, -0.15) is 8.42 Å². The Morgan fingerprint density at radius 2 is 1.53 bits per heavy atom. The van der Waals surface area contributed by atoms with Crippen molar-refractivity contribution in [3.05, 3.63) is 90.5 Å². The van der Waals surface area contributed by atoms with Crippen molar-refractivity contribution in [2.45, 2.75) is 16.6 Å². The molecule has 0 spiro atoms. The van der Waals surface area contributed by atoms with Crippen molar-refractivity contribution >= 4 is 50.1 Å². The summed E-state index contributed by atoms with van der Waals surface area (Å²) in [5.74, 6) is -2.08. The highest BCUT2D eigenvalue weighted by Gasteiger charge is 2.41. The average Bonchev–Trinajstić information content (AvgIpc) is 3.10. The summed E-state index contributed by atoms with van der Waals surface area (Å²) in [6.45, 7) is 0. The number of hydrogen-bond acceptors (Lipinski definition) is 5. The van der Waals surface area contributed by atoms with Gasteiger partial charge < -0.3 is 5.32 Å². The Bertz CT molecular complexity index is 1350. The molecule has 0 bridgehead atoms. The number of sulfonamides is 1. The van der Waals surface area contributed by atoms with Crippen molar-refractivity contribution in [2.24, 2.45) is 4.40 Å². The van der Waals surface area contributed by atoms with Crippen LogP contribution >= 0.6 is 11.8 Å². The van der Waals surface area contributed by atoms with Crippen molar-refractivity contribution < 1.29 is 26.8 Å². The Balaban J connectivity index is 1.61. The standard InChI is InChI=1S/C23H17F2N3O4S2/c24-15-6-10-17(11-7-15)26-21(29)14-20-22(30)28(18-4-2-1-3-5-18)23(33-20)27-34(31,32)19-12-8-16(25)9-13-19/h1-13,20H,14H2,(H,26,29)/t20-/m1/s1. The van der Waals surface area contributed by atoms with Crippen molar-refractivity contribution in [3.8, 4) is 0 Å². The first kappa shape index (κ1) is 23.6. The lowest BCUT2D eigenvalue weighted by molar-refractivity contribution is -0.121. The fourth-order valence-corrected chi connectivity index (χ4v) is 5.49. The number of hydrogen-bond donors (Lipinski definition) is 1. The predicted octanol–water partition coefficient (Wildman–Crippen LogP) is 4.19. The third-order valence-corrected chi connectivity index (χ3v) is 7.29. The fraction of sp³-hybridized carbons (Fsp3) is 0.0870. The summed E-state index contributed by atoms with van der Waals surface area (Å²) >= 11 is 0.840. The minimum Gasteiger partial charge on any atom is -0.326 e. The Kier molecular flexibility index (Phi) is 6.75. The monoisotopic (exact) mass is 501 g/mol. The Morgan fingerprint density at radius 3 is 2.15 bits per heavy atom. The summed E-state index contributed by atoms with van der Waals surface area (Å²) in [6.07, 6.45) is -0.264. The van der Waals surface area contributed by atoms with Gasteiger partial charge in [0.1, 0.15) is 16.9 Å². The minimum absolute atomic E-state index is 0.125. The van der Waals surface area contributed by atoms with Gasteiger partial charge in [0.05, 0.1) is 10.6 Å². The zero-order chi connectivity index (χ0) is 24.3. The Hall–Kier alpha value is -3.57. The van der Waals surface area contributed by atoms with Crippen molar-refractivity contribution in [3.63, 3.8) is 0 Å². The number of para-hydroxylation sites is 1. The van der Waals surface area contributed by atoms with Crippen LogP contribution in [0.2, 0.25) is 0 Å². The Labute approximate surface area is 198 Å². The lowest BCUT2D eigenvalue weighted by Gasteiger charge is -2.16. The molecule has 3 aromatic carbocycles. The number of anilines is 2. The van der Waals surface area contributed by atoms with E-state index in [1.165, 1.54) is 24.3 Å². The van der Waals surface area contributed by atoms with E-state index in [1.807, 2.05) is 0 Å². The summed E-state index contributed by atoms with van der Waals surface area (Å²) in [4.78, 5) is 26.6. The normalized spacial score (nSPS) is 17.2. The van der Waals surface area contributed by atoms with Gasteiger partial charge in [-0.3, -0.25) is 14.5 Å². The number of benzene rings is 3. The highest BCUT2D eigenvalue weighted by atomic mass is 32.2. The van der Waals surface area contributed by atoms with E-state index in [1.54, 1.807) is 30.3 Å². The first-order valence-corrected chi connectivity index (χ1v) is 12.3. The minimum atomic E-state index is -4.26. The molecule has 0 saturated carbocycles. The molecular formula is C23H17F2N3O4S2. The van der Waals surface area contributed by atoms with Gasteiger partial charge in [0, 0.05) is 12.1 Å². The lowest BCUT2D eigenvalue weighted by atomic mass is 10.2. The topological polar surface area (TPSA) is 95.9 Å². The molecule has 2 amide bonds. The molecule has 0 aliphatic carbocycles. The van der Waals surface area contributed by atoms with Crippen molar-refractivity contribution in [1.82, 2.24) is 0 Å². The van der Waals surface area contributed by atoms with E-state index in [-0.39, 0.29) is 16.5 Å². The largest absolute Gasteiger partial charge is 0.326 e. The molecule has 4 rings (SSSR count). The van der Waals surface area contributed by atoms with Crippen molar-refractivity contribution in [1.29, 1.82) is 0 Å². The third-order valence-electron chi connectivity index (χ3n) is 4.76. The molecule has 1 atom stereocenters. The molecule has 1 fully saturated rings. The number of nitrogens with one attached hydrogen (secondary N) is 1. The van der Waals surface area contributed by atoms with Gasteiger partial charge in [0.15, 0.2) is 5.17 Å². The second kappa shape index (κ2) is 9.74. The van der Waals surface area contributed by atoms with Crippen LogP contribution in [-0.2, 0) is 19.6 Å². The summed E-state index contributed by atoms with van der Waals surface area (Å²) in [7, 11) is -4.26.